The lowest BCUT2D eigenvalue weighted by atomic mass is 10.2. The Labute approximate surface area is 122 Å². The average molecular weight is 289 g/mol. The predicted octanol–water partition coefficient (Wildman–Crippen LogP) is 2.69. The zero-order valence-corrected chi connectivity index (χ0v) is 11.4. The second kappa shape index (κ2) is 7.40. The van der Waals surface area contributed by atoms with E-state index < -0.39 is 5.97 Å². The van der Waals surface area contributed by atoms with Gasteiger partial charge in [-0.25, -0.2) is 9.18 Å². The molecule has 21 heavy (non-hydrogen) atoms. The lowest BCUT2D eigenvalue weighted by molar-refractivity contribution is 0.0696. The first-order valence-corrected chi connectivity index (χ1v) is 6.56. The van der Waals surface area contributed by atoms with Crippen LogP contribution in [0.2, 0.25) is 0 Å². The van der Waals surface area contributed by atoms with Gasteiger partial charge in [0.1, 0.15) is 18.2 Å². The highest BCUT2D eigenvalue weighted by molar-refractivity contribution is 5.87. The molecule has 0 heterocycles. The van der Waals surface area contributed by atoms with Crippen LogP contribution in [0.5, 0.6) is 5.75 Å². The van der Waals surface area contributed by atoms with Crippen LogP contribution in [-0.4, -0.2) is 24.2 Å². The van der Waals surface area contributed by atoms with Crippen LogP contribution < -0.4 is 10.1 Å². The van der Waals surface area contributed by atoms with Crippen molar-refractivity contribution in [2.45, 2.75) is 6.54 Å². The SMILES string of the molecule is O=C(O)c1cccc(OCCNCc2ccc(F)cc2)c1. The van der Waals surface area contributed by atoms with Crippen LogP contribution in [0.25, 0.3) is 0 Å². The van der Waals surface area contributed by atoms with Gasteiger partial charge in [0.2, 0.25) is 0 Å². The first kappa shape index (κ1) is 15.0. The molecule has 0 aromatic heterocycles. The molecule has 0 aliphatic carbocycles. The highest BCUT2D eigenvalue weighted by atomic mass is 19.1. The fourth-order valence-corrected chi connectivity index (χ4v) is 1.79. The Morgan fingerprint density at radius 1 is 1.19 bits per heavy atom. The van der Waals surface area contributed by atoms with Gasteiger partial charge in [0.25, 0.3) is 0 Å². The molecule has 5 heteroatoms. The van der Waals surface area contributed by atoms with Gasteiger partial charge in [-0.3, -0.25) is 0 Å². The predicted molar refractivity (Wildman–Crippen MR) is 77.0 cm³/mol. The zero-order valence-electron chi connectivity index (χ0n) is 11.4. The van der Waals surface area contributed by atoms with Crippen molar-refractivity contribution in [1.82, 2.24) is 5.32 Å². The summed E-state index contributed by atoms with van der Waals surface area (Å²) in [6.45, 7) is 1.65. The number of rotatable bonds is 7. The highest BCUT2D eigenvalue weighted by Gasteiger charge is 2.03. The number of hydrogen-bond donors (Lipinski definition) is 2. The van der Waals surface area contributed by atoms with E-state index in [9.17, 15) is 9.18 Å². The molecule has 0 atom stereocenters. The van der Waals surface area contributed by atoms with Crippen molar-refractivity contribution >= 4 is 5.97 Å². The second-order valence-electron chi connectivity index (χ2n) is 4.48. The number of carboxylic acids is 1. The normalized spacial score (nSPS) is 10.3. The molecule has 2 rings (SSSR count). The third-order valence-electron chi connectivity index (χ3n) is 2.87. The number of carboxylic acid groups (broad SMARTS) is 1. The number of halogens is 1. The Balaban J connectivity index is 1.71. The largest absolute Gasteiger partial charge is 0.492 e. The highest BCUT2D eigenvalue weighted by Crippen LogP contribution is 2.12. The number of nitrogens with one attached hydrogen (secondary N) is 1. The monoisotopic (exact) mass is 289 g/mol. The standard InChI is InChI=1S/C16H16FNO3/c17-14-6-4-12(5-7-14)11-18-8-9-21-15-3-1-2-13(10-15)16(19)20/h1-7,10,18H,8-9,11H2,(H,19,20). The summed E-state index contributed by atoms with van der Waals surface area (Å²) < 4.78 is 18.2. The van der Waals surface area contributed by atoms with Gasteiger partial charge in [0.15, 0.2) is 0 Å². The van der Waals surface area contributed by atoms with E-state index in [4.69, 9.17) is 9.84 Å². The average Bonchev–Trinajstić information content (AvgIpc) is 2.49. The first-order valence-electron chi connectivity index (χ1n) is 6.56. The van der Waals surface area contributed by atoms with Gasteiger partial charge in [-0.2, -0.15) is 0 Å². The molecular weight excluding hydrogens is 273 g/mol. The third kappa shape index (κ3) is 4.89. The van der Waals surface area contributed by atoms with Crippen molar-refractivity contribution in [1.29, 1.82) is 0 Å². The molecule has 0 fully saturated rings. The molecule has 0 aliphatic heterocycles. The first-order chi connectivity index (χ1) is 10.1. The van der Waals surface area contributed by atoms with E-state index in [-0.39, 0.29) is 11.4 Å². The number of carbonyl (C=O) groups is 1. The summed E-state index contributed by atoms with van der Waals surface area (Å²) in [5.41, 5.74) is 1.19. The lowest BCUT2D eigenvalue weighted by Gasteiger charge is -2.08. The number of benzene rings is 2. The van der Waals surface area contributed by atoms with Crippen molar-refractivity contribution in [2.24, 2.45) is 0 Å². The minimum Gasteiger partial charge on any atom is -0.492 e. The topological polar surface area (TPSA) is 58.6 Å². The molecule has 0 saturated heterocycles. The molecule has 0 bridgehead atoms. The smallest absolute Gasteiger partial charge is 0.335 e. The van der Waals surface area contributed by atoms with Gasteiger partial charge in [-0.05, 0) is 35.9 Å². The fourth-order valence-electron chi connectivity index (χ4n) is 1.79. The molecule has 0 amide bonds. The molecule has 0 spiro atoms. The van der Waals surface area contributed by atoms with E-state index in [0.717, 1.165) is 5.56 Å². The molecule has 0 saturated carbocycles. The van der Waals surface area contributed by atoms with Crippen molar-refractivity contribution in [3.63, 3.8) is 0 Å². The molecule has 0 unspecified atom stereocenters. The van der Waals surface area contributed by atoms with Crippen LogP contribution in [0.15, 0.2) is 48.5 Å². The van der Waals surface area contributed by atoms with Gasteiger partial charge < -0.3 is 15.2 Å². The minimum atomic E-state index is -0.977. The Hall–Kier alpha value is -2.40. The van der Waals surface area contributed by atoms with Gasteiger partial charge in [0, 0.05) is 13.1 Å². The summed E-state index contributed by atoms with van der Waals surface area (Å²) in [5.74, 6) is -0.700. The van der Waals surface area contributed by atoms with Crippen molar-refractivity contribution < 1.29 is 19.0 Å². The molecule has 2 aromatic rings. The molecule has 110 valence electrons. The summed E-state index contributed by atoms with van der Waals surface area (Å²) in [5, 5.41) is 12.0. The van der Waals surface area contributed by atoms with Gasteiger partial charge in [-0.1, -0.05) is 18.2 Å². The van der Waals surface area contributed by atoms with Crippen molar-refractivity contribution in [3.8, 4) is 5.75 Å². The summed E-state index contributed by atoms with van der Waals surface area (Å²) >= 11 is 0. The van der Waals surface area contributed by atoms with Gasteiger partial charge in [0.05, 0.1) is 5.56 Å². The molecule has 0 aliphatic rings. The van der Waals surface area contributed by atoms with Crippen LogP contribution in [-0.2, 0) is 6.54 Å². The van der Waals surface area contributed by atoms with E-state index in [0.29, 0.717) is 25.4 Å². The molecule has 2 aromatic carbocycles. The number of aromatic carboxylic acids is 1. The van der Waals surface area contributed by atoms with Gasteiger partial charge in [-0.15, -0.1) is 0 Å². The molecular formula is C16H16FNO3. The van der Waals surface area contributed by atoms with Crippen molar-refractivity contribution in [2.75, 3.05) is 13.2 Å². The summed E-state index contributed by atoms with van der Waals surface area (Å²) in [6, 6.07) is 12.6. The summed E-state index contributed by atoms with van der Waals surface area (Å²) in [7, 11) is 0. The van der Waals surface area contributed by atoms with Crippen LogP contribution >= 0.6 is 0 Å². The lowest BCUT2D eigenvalue weighted by Crippen LogP contribution is -2.20. The zero-order chi connectivity index (χ0) is 15.1. The Bertz CT molecular complexity index is 599. The minimum absolute atomic E-state index is 0.201. The molecule has 2 N–H and O–H groups in total. The van der Waals surface area contributed by atoms with Crippen molar-refractivity contribution in [3.05, 3.63) is 65.5 Å². The van der Waals surface area contributed by atoms with Crippen LogP contribution in [0, 0.1) is 5.82 Å². The summed E-state index contributed by atoms with van der Waals surface area (Å²) in [6.07, 6.45) is 0. The maximum absolute atomic E-state index is 12.7. The number of hydrogen-bond acceptors (Lipinski definition) is 3. The quantitative estimate of drug-likeness (QED) is 0.769. The second-order valence-corrected chi connectivity index (χ2v) is 4.48. The van der Waals surface area contributed by atoms with E-state index in [2.05, 4.69) is 5.32 Å². The van der Waals surface area contributed by atoms with E-state index in [1.165, 1.54) is 24.3 Å². The third-order valence-corrected chi connectivity index (χ3v) is 2.87. The fraction of sp³-hybridized carbons (Fsp3) is 0.188. The molecule has 0 radical (unpaired) electrons. The van der Waals surface area contributed by atoms with E-state index in [1.54, 1.807) is 24.3 Å². The van der Waals surface area contributed by atoms with Gasteiger partial charge >= 0.3 is 5.97 Å². The van der Waals surface area contributed by atoms with E-state index in [1.807, 2.05) is 0 Å². The Kier molecular flexibility index (Phi) is 5.29. The maximum Gasteiger partial charge on any atom is 0.335 e. The molecule has 4 nitrogen and oxygen atoms in total. The Morgan fingerprint density at radius 3 is 2.67 bits per heavy atom. The number of ether oxygens (including phenoxy) is 1. The maximum atomic E-state index is 12.7. The Morgan fingerprint density at radius 2 is 1.95 bits per heavy atom. The summed E-state index contributed by atoms with van der Waals surface area (Å²) in [4.78, 5) is 10.8. The van der Waals surface area contributed by atoms with Crippen LogP contribution in [0.4, 0.5) is 4.39 Å². The van der Waals surface area contributed by atoms with E-state index >= 15 is 0 Å². The van der Waals surface area contributed by atoms with Crippen LogP contribution in [0.3, 0.4) is 0 Å². The van der Waals surface area contributed by atoms with Crippen LogP contribution in [0.1, 0.15) is 15.9 Å².